The number of rotatable bonds is 7. The van der Waals surface area contributed by atoms with Gasteiger partial charge in [-0.1, -0.05) is 25.8 Å². The van der Waals surface area contributed by atoms with E-state index in [0.29, 0.717) is 24.9 Å². The predicted octanol–water partition coefficient (Wildman–Crippen LogP) is 2.23. The summed E-state index contributed by atoms with van der Waals surface area (Å²) in [5.74, 6) is 0.213. The van der Waals surface area contributed by atoms with Crippen molar-refractivity contribution in [1.29, 1.82) is 0 Å². The van der Waals surface area contributed by atoms with Crippen LogP contribution in [0.15, 0.2) is 12.7 Å². The highest BCUT2D eigenvalue weighted by Gasteiger charge is 2.42. The first-order valence-electron chi connectivity index (χ1n) is 8.12. The van der Waals surface area contributed by atoms with Crippen LogP contribution in [0.25, 0.3) is 0 Å². The van der Waals surface area contributed by atoms with Gasteiger partial charge in [0.2, 0.25) is 0 Å². The summed E-state index contributed by atoms with van der Waals surface area (Å²) in [7, 11) is 0. The van der Waals surface area contributed by atoms with Crippen molar-refractivity contribution in [2.75, 3.05) is 19.8 Å². The van der Waals surface area contributed by atoms with Crippen LogP contribution >= 0.6 is 0 Å². The maximum absolute atomic E-state index is 11.7. The summed E-state index contributed by atoms with van der Waals surface area (Å²) < 4.78 is 10.0. The fraction of sp³-hybridized carbons (Fsp3) is 0.765. The Morgan fingerprint density at radius 1 is 1.23 bits per heavy atom. The third-order valence-corrected chi connectivity index (χ3v) is 5.02. The van der Waals surface area contributed by atoms with E-state index in [2.05, 4.69) is 11.3 Å². The van der Waals surface area contributed by atoms with Crippen LogP contribution in [0.5, 0.6) is 0 Å². The Hall–Kier alpha value is -1.36. The first-order chi connectivity index (χ1) is 10.6. The lowest BCUT2D eigenvalue weighted by molar-refractivity contribution is -0.160. The average molecular weight is 310 g/mol. The molecule has 5 heteroatoms. The monoisotopic (exact) mass is 310 g/mol. The summed E-state index contributed by atoms with van der Waals surface area (Å²) in [6.07, 6.45) is 8.78. The molecule has 2 rings (SSSR count). The Morgan fingerprint density at radius 2 is 1.91 bits per heavy atom. The SMILES string of the molecule is C=CC(=O)OCC(=O)OCC1(CCO)CC2CCCC(C2)C1. The van der Waals surface area contributed by atoms with Crippen molar-refractivity contribution < 1.29 is 24.2 Å². The molecule has 0 aliphatic heterocycles. The Balaban J connectivity index is 1.87. The Morgan fingerprint density at radius 3 is 2.50 bits per heavy atom. The molecule has 0 aromatic rings. The second kappa shape index (κ2) is 7.77. The van der Waals surface area contributed by atoms with Crippen LogP contribution in [0.1, 0.15) is 44.9 Å². The van der Waals surface area contributed by atoms with Crippen LogP contribution in [0, 0.1) is 17.3 Å². The van der Waals surface area contributed by atoms with Gasteiger partial charge in [0, 0.05) is 18.1 Å². The van der Waals surface area contributed by atoms with E-state index in [9.17, 15) is 14.7 Å². The van der Waals surface area contributed by atoms with E-state index < -0.39 is 11.9 Å². The Bertz CT molecular complexity index is 405. The van der Waals surface area contributed by atoms with Crippen molar-refractivity contribution >= 4 is 11.9 Å². The van der Waals surface area contributed by atoms with Gasteiger partial charge < -0.3 is 14.6 Å². The molecule has 5 nitrogen and oxygen atoms in total. The number of aliphatic hydroxyl groups excluding tert-OH is 1. The van der Waals surface area contributed by atoms with Crippen molar-refractivity contribution in [3.8, 4) is 0 Å². The summed E-state index contributed by atoms with van der Waals surface area (Å²) in [5, 5.41) is 9.40. The summed E-state index contributed by atoms with van der Waals surface area (Å²) >= 11 is 0. The van der Waals surface area contributed by atoms with E-state index in [1.165, 1.54) is 25.7 Å². The van der Waals surface area contributed by atoms with Gasteiger partial charge in [0.1, 0.15) is 0 Å². The molecule has 0 aromatic carbocycles. The molecule has 0 aromatic heterocycles. The van der Waals surface area contributed by atoms with E-state index in [0.717, 1.165) is 18.9 Å². The molecule has 22 heavy (non-hydrogen) atoms. The summed E-state index contributed by atoms with van der Waals surface area (Å²) in [4.78, 5) is 22.6. The van der Waals surface area contributed by atoms with Crippen molar-refractivity contribution in [2.24, 2.45) is 17.3 Å². The lowest BCUT2D eigenvalue weighted by Gasteiger charge is -2.46. The van der Waals surface area contributed by atoms with Gasteiger partial charge in [-0.2, -0.15) is 0 Å². The quantitative estimate of drug-likeness (QED) is 0.576. The summed E-state index contributed by atoms with van der Waals surface area (Å²) in [6.45, 7) is 3.31. The van der Waals surface area contributed by atoms with Gasteiger partial charge in [-0.3, -0.25) is 0 Å². The highest BCUT2D eigenvalue weighted by Crippen LogP contribution is 2.50. The minimum atomic E-state index is -0.630. The van der Waals surface area contributed by atoms with E-state index in [1.807, 2.05) is 0 Å². The number of esters is 2. The molecule has 2 unspecified atom stereocenters. The Labute approximate surface area is 131 Å². The second-order valence-electron chi connectivity index (χ2n) is 6.75. The van der Waals surface area contributed by atoms with Crippen LogP contribution < -0.4 is 0 Å². The van der Waals surface area contributed by atoms with Crippen LogP contribution in [-0.4, -0.2) is 36.9 Å². The molecule has 0 radical (unpaired) electrons. The van der Waals surface area contributed by atoms with E-state index in [4.69, 9.17) is 4.74 Å². The number of carbonyl (C=O) groups is 2. The van der Waals surface area contributed by atoms with E-state index in [-0.39, 0.29) is 18.6 Å². The number of fused-ring (bicyclic) bond motifs is 2. The second-order valence-corrected chi connectivity index (χ2v) is 6.75. The number of ether oxygens (including phenoxy) is 2. The zero-order valence-corrected chi connectivity index (χ0v) is 13.1. The van der Waals surface area contributed by atoms with Gasteiger partial charge >= 0.3 is 11.9 Å². The van der Waals surface area contributed by atoms with Crippen LogP contribution in [-0.2, 0) is 19.1 Å². The molecule has 2 aliphatic rings. The van der Waals surface area contributed by atoms with Crippen molar-refractivity contribution in [1.82, 2.24) is 0 Å². The van der Waals surface area contributed by atoms with Crippen molar-refractivity contribution in [2.45, 2.75) is 44.9 Å². The number of hydrogen-bond acceptors (Lipinski definition) is 5. The zero-order valence-electron chi connectivity index (χ0n) is 13.1. The standard InChI is InChI=1S/C17H26O5/c1-2-15(19)21-11-16(20)22-12-17(6-7-18)9-13-4-3-5-14(8-13)10-17/h2,13-14,18H,1,3-12H2. The van der Waals surface area contributed by atoms with Crippen LogP contribution in [0.4, 0.5) is 0 Å². The highest BCUT2D eigenvalue weighted by atomic mass is 16.6. The minimum absolute atomic E-state index is 0.110. The normalized spacial score (nSPS) is 30.4. The maximum atomic E-state index is 11.7. The Kier molecular flexibility index (Phi) is 6.00. The molecule has 0 heterocycles. The predicted molar refractivity (Wildman–Crippen MR) is 80.9 cm³/mol. The number of carbonyl (C=O) groups excluding carboxylic acids is 2. The maximum Gasteiger partial charge on any atom is 0.344 e. The number of aliphatic hydroxyl groups is 1. The minimum Gasteiger partial charge on any atom is -0.463 e. The molecule has 2 bridgehead atoms. The molecule has 0 spiro atoms. The first kappa shape index (κ1) is 17.0. The average Bonchev–Trinajstić information content (AvgIpc) is 2.50. The fourth-order valence-electron chi connectivity index (χ4n) is 4.18. The highest BCUT2D eigenvalue weighted by molar-refractivity contribution is 5.83. The first-order valence-corrected chi connectivity index (χ1v) is 8.12. The smallest absolute Gasteiger partial charge is 0.344 e. The molecule has 2 fully saturated rings. The number of hydrogen-bond donors (Lipinski definition) is 1. The summed E-state index contributed by atoms with van der Waals surface area (Å²) in [5.41, 5.74) is -0.110. The summed E-state index contributed by atoms with van der Waals surface area (Å²) in [6, 6.07) is 0. The van der Waals surface area contributed by atoms with Crippen molar-refractivity contribution in [3.63, 3.8) is 0 Å². The van der Waals surface area contributed by atoms with Gasteiger partial charge in [-0.15, -0.1) is 0 Å². The van der Waals surface area contributed by atoms with Gasteiger partial charge in [0.15, 0.2) is 6.61 Å². The van der Waals surface area contributed by atoms with Gasteiger partial charge in [0.25, 0.3) is 0 Å². The van der Waals surface area contributed by atoms with Crippen molar-refractivity contribution in [3.05, 3.63) is 12.7 Å². The molecule has 0 saturated heterocycles. The van der Waals surface area contributed by atoms with Crippen LogP contribution in [0.3, 0.4) is 0 Å². The molecular formula is C17H26O5. The fourth-order valence-corrected chi connectivity index (χ4v) is 4.18. The van der Waals surface area contributed by atoms with E-state index in [1.54, 1.807) is 0 Å². The third-order valence-electron chi connectivity index (χ3n) is 5.02. The topological polar surface area (TPSA) is 72.8 Å². The molecule has 1 N–H and O–H groups in total. The van der Waals surface area contributed by atoms with Crippen LogP contribution in [0.2, 0.25) is 0 Å². The third kappa shape index (κ3) is 4.57. The zero-order chi connectivity index (χ0) is 16.0. The molecular weight excluding hydrogens is 284 g/mol. The molecule has 2 saturated carbocycles. The van der Waals surface area contributed by atoms with Gasteiger partial charge in [-0.25, -0.2) is 9.59 Å². The molecule has 2 atom stereocenters. The lowest BCUT2D eigenvalue weighted by atomic mass is 9.60. The molecule has 124 valence electrons. The van der Waals surface area contributed by atoms with E-state index >= 15 is 0 Å². The largest absolute Gasteiger partial charge is 0.463 e. The van der Waals surface area contributed by atoms with Gasteiger partial charge in [-0.05, 0) is 37.5 Å². The van der Waals surface area contributed by atoms with Gasteiger partial charge in [0.05, 0.1) is 6.61 Å². The lowest BCUT2D eigenvalue weighted by Crippen LogP contribution is -2.40. The molecule has 0 amide bonds. The molecule has 2 aliphatic carbocycles.